The Morgan fingerprint density at radius 1 is 0.900 bits per heavy atom. The second kappa shape index (κ2) is 7.84. The van der Waals surface area contributed by atoms with Crippen LogP contribution in [0.15, 0.2) is 61.4 Å². The van der Waals surface area contributed by atoms with Crippen molar-refractivity contribution in [1.82, 2.24) is 34.8 Å². The average molecular weight is 400 g/mol. The first-order valence-electron chi connectivity index (χ1n) is 10.3. The molecule has 1 aliphatic heterocycles. The van der Waals surface area contributed by atoms with Gasteiger partial charge in [-0.2, -0.15) is 10.2 Å². The molecule has 0 saturated carbocycles. The molecule has 30 heavy (non-hydrogen) atoms. The van der Waals surface area contributed by atoms with Crippen molar-refractivity contribution in [1.29, 1.82) is 0 Å². The number of nitrogens with one attached hydrogen (secondary N) is 1. The molecule has 4 heterocycles. The highest BCUT2D eigenvalue weighted by Gasteiger charge is 2.20. The maximum absolute atomic E-state index is 4.62. The van der Waals surface area contributed by atoms with Crippen molar-refractivity contribution in [2.75, 3.05) is 6.54 Å². The van der Waals surface area contributed by atoms with Gasteiger partial charge in [0.2, 0.25) is 0 Å². The average Bonchev–Trinajstić information content (AvgIpc) is 3.44. The fraction of sp³-hybridized carbons (Fsp3) is 0.304. The number of aromatic nitrogens is 6. The van der Waals surface area contributed by atoms with Crippen LogP contribution in [0.4, 0.5) is 0 Å². The number of nitrogens with zero attached hydrogens (tertiary/aromatic N) is 6. The molecule has 0 spiro atoms. The van der Waals surface area contributed by atoms with E-state index in [0.717, 1.165) is 47.2 Å². The van der Waals surface area contributed by atoms with Crippen molar-refractivity contribution in [2.24, 2.45) is 7.05 Å². The highest BCUT2D eigenvalue weighted by molar-refractivity contribution is 5.70. The van der Waals surface area contributed by atoms with Crippen LogP contribution in [0.3, 0.4) is 0 Å². The molecular formula is C23H25N7. The number of hydrogen-bond donors (Lipinski definition) is 1. The van der Waals surface area contributed by atoms with Gasteiger partial charge < -0.3 is 5.32 Å². The van der Waals surface area contributed by atoms with E-state index in [9.17, 15) is 0 Å². The third-order valence-corrected chi connectivity index (χ3v) is 5.72. The van der Waals surface area contributed by atoms with E-state index in [1.54, 1.807) is 4.68 Å². The quantitative estimate of drug-likeness (QED) is 0.566. The Balaban J connectivity index is 1.36. The van der Waals surface area contributed by atoms with Gasteiger partial charge in [-0.1, -0.05) is 18.2 Å². The molecule has 1 aliphatic rings. The molecule has 0 unspecified atom stereocenters. The molecule has 0 radical (unpaired) electrons. The Hall–Kier alpha value is -3.32. The summed E-state index contributed by atoms with van der Waals surface area (Å²) >= 11 is 0. The Kier molecular flexibility index (Phi) is 4.88. The predicted molar refractivity (Wildman–Crippen MR) is 117 cm³/mol. The lowest BCUT2D eigenvalue weighted by Crippen LogP contribution is -2.36. The van der Waals surface area contributed by atoms with E-state index < -0.39 is 0 Å². The lowest BCUT2D eigenvalue weighted by atomic mass is 10.0. The Morgan fingerprint density at radius 3 is 2.43 bits per heavy atom. The molecular weight excluding hydrogens is 374 g/mol. The zero-order valence-electron chi connectivity index (χ0n) is 17.2. The van der Waals surface area contributed by atoms with Crippen LogP contribution < -0.4 is 5.32 Å². The smallest absolute Gasteiger partial charge is 0.159 e. The maximum Gasteiger partial charge on any atom is 0.159 e. The van der Waals surface area contributed by atoms with E-state index in [1.165, 1.54) is 0 Å². The fourth-order valence-electron chi connectivity index (χ4n) is 4.07. The number of aryl methyl sites for hydroxylation is 1. The maximum atomic E-state index is 4.62. The molecule has 2 atom stereocenters. The largest absolute Gasteiger partial charge is 0.314 e. The monoisotopic (exact) mass is 399 g/mol. The second-order valence-electron chi connectivity index (χ2n) is 8.02. The summed E-state index contributed by atoms with van der Waals surface area (Å²) in [5, 5.41) is 12.3. The molecule has 7 nitrogen and oxygen atoms in total. The summed E-state index contributed by atoms with van der Waals surface area (Å²) in [7, 11) is 1.92. The Labute approximate surface area is 175 Å². The minimum atomic E-state index is 0.449. The van der Waals surface area contributed by atoms with Crippen molar-refractivity contribution >= 4 is 0 Å². The van der Waals surface area contributed by atoms with Crippen molar-refractivity contribution in [3.8, 4) is 33.6 Å². The van der Waals surface area contributed by atoms with Gasteiger partial charge >= 0.3 is 0 Å². The molecule has 1 N–H and O–H groups in total. The number of hydrogen-bond acceptors (Lipinski definition) is 5. The lowest BCUT2D eigenvalue weighted by Gasteiger charge is -2.28. The van der Waals surface area contributed by atoms with Crippen LogP contribution in [0, 0.1) is 0 Å². The van der Waals surface area contributed by atoms with Crippen molar-refractivity contribution in [3.05, 3.63) is 61.4 Å². The SMILES string of the molecule is C[C@@H]1C[C@H](n2cc(-c3cnc(-c4cccc(-c5cnn(C)c5)c4)nc3)cn2)CCN1. The van der Waals surface area contributed by atoms with Gasteiger partial charge in [0.05, 0.1) is 18.4 Å². The lowest BCUT2D eigenvalue weighted by molar-refractivity contribution is 0.295. The first-order chi connectivity index (χ1) is 14.7. The number of piperidine rings is 1. The van der Waals surface area contributed by atoms with Crippen molar-refractivity contribution in [2.45, 2.75) is 31.8 Å². The summed E-state index contributed by atoms with van der Waals surface area (Å²) in [5.74, 6) is 0.712. The van der Waals surface area contributed by atoms with Crippen LogP contribution in [0.2, 0.25) is 0 Å². The van der Waals surface area contributed by atoms with Crippen LogP contribution in [0.25, 0.3) is 33.6 Å². The third-order valence-electron chi connectivity index (χ3n) is 5.72. The highest BCUT2D eigenvalue weighted by atomic mass is 15.3. The van der Waals surface area contributed by atoms with Crippen LogP contribution in [0.1, 0.15) is 25.8 Å². The van der Waals surface area contributed by atoms with Gasteiger partial charge in [0, 0.05) is 60.1 Å². The van der Waals surface area contributed by atoms with Gasteiger partial charge in [-0.15, -0.1) is 0 Å². The first-order valence-corrected chi connectivity index (χ1v) is 10.3. The topological polar surface area (TPSA) is 73.5 Å². The molecule has 0 aliphatic carbocycles. The number of rotatable bonds is 4. The molecule has 0 bridgehead atoms. The van der Waals surface area contributed by atoms with Gasteiger partial charge in [0.1, 0.15) is 0 Å². The molecule has 0 amide bonds. The standard InChI is InChI=1S/C23H25N7/c1-16-8-22(6-7-24-16)30-15-21(13-28-30)19-10-25-23(26-11-19)18-5-3-4-17(9-18)20-12-27-29(2)14-20/h3-5,9-16,22,24H,6-8H2,1-2H3/t16-,22-/m1/s1. The summed E-state index contributed by atoms with van der Waals surface area (Å²) in [4.78, 5) is 9.24. The Bertz CT molecular complexity index is 1140. The van der Waals surface area contributed by atoms with Gasteiger partial charge in [-0.3, -0.25) is 9.36 Å². The molecule has 1 aromatic carbocycles. The molecule has 7 heteroatoms. The predicted octanol–water partition coefficient (Wildman–Crippen LogP) is 3.72. The zero-order chi connectivity index (χ0) is 20.5. The van der Waals surface area contributed by atoms with E-state index in [0.29, 0.717) is 17.9 Å². The molecule has 4 aromatic rings. The van der Waals surface area contributed by atoms with E-state index in [4.69, 9.17) is 0 Å². The summed E-state index contributed by atoms with van der Waals surface area (Å²) in [5.41, 5.74) is 5.20. The van der Waals surface area contributed by atoms with Crippen LogP contribution >= 0.6 is 0 Å². The van der Waals surface area contributed by atoms with Crippen LogP contribution in [0.5, 0.6) is 0 Å². The second-order valence-corrected chi connectivity index (χ2v) is 8.02. The molecule has 5 rings (SSSR count). The van der Waals surface area contributed by atoms with E-state index in [-0.39, 0.29) is 0 Å². The molecule has 1 saturated heterocycles. The van der Waals surface area contributed by atoms with E-state index in [2.05, 4.69) is 55.4 Å². The minimum absolute atomic E-state index is 0.449. The van der Waals surface area contributed by atoms with Gasteiger partial charge in [0.25, 0.3) is 0 Å². The Morgan fingerprint density at radius 2 is 1.67 bits per heavy atom. The van der Waals surface area contributed by atoms with Gasteiger partial charge in [-0.05, 0) is 37.9 Å². The van der Waals surface area contributed by atoms with E-state index in [1.807, 2.05) is 50.2 Å². The molecule has 152 valence electrons. The van der Waals surface area contributed by atoms with Gasteiger partial charge in [0.15, 0.2) is 5.82 Å². The zero-order valence-corrected chi connectivity index (χ0v) is 17.2. The van der Waals surface area contributed by atoms with Crippen LogP contribution in [-0.4, -0.2) is 42.1 Å². The highest BCUT2D eigenvalue weighted by Crippen LogP contribution is 2.27. The van der Waals surface area contributed by atoms with Crippen molar-refractivity contribution in [3.63, 3.8) is 0 Å². The third kappa shape index (κ3) is 3.76. The normalized spacial score (nSPS) is 19.1. The molecule has 3 aromatic heterocycles. The fourth-order valence-corrected chi connectivity index (χ4v) is 4.07. The summed E-state index contributed by atoms with van der Waals surface area (Å²) in [6.45, 7) is 3.27. The van der Waals surface area contributed by atoms with Gasteiger partial charge in [-0.25, -0.2) is 9.97 Å². The van der Waals surface area contributed by atoms with Crippen molar-refractivity contribution < 1.29 is 0 Å². The first kappa shape index (κ1) is 18.7. The summed E-state index contributed by atoms with van der Waals surface area (Å²) in [6, 6.07) is 9.21. The van der Waals surface area contributed by atoms with E-state index >= 15 is 0 Å². The summed E-state index contributed by atoms with van der Waals surface area (Å²) < 4.78 is 3.90. The summed E-state index contributed by atoms with van der Waals surface area (Å²) in [6.07, 6.45) is 13.9. The molecule has 1 fully saturated rings. The number of benzene rings is 1. The van der Waals surface area contributed by atoms with Crippen LogP contribution in [-0.2, 0) is 7.05 Å². The minimum Gasteiger partial charge on any atom is -0.314 e.